The highest BCUT2D eigenvalue weighted by atomic mass is 16.7. The molecule has 0 aromatic carbocycles. The van der Waals surface area contributed by atoms with Crippen molar-refractivity contribution >= 4 is 0 Å². The first kappa shape index (κ1) is 25.9. The van der Waals surface area contributed by atoms with Gasteiger partial charge in [0, 0.05) is 13.2 Å². The molecule has 0 bridgehead atoms. The fraction of sp³-hybridized carbons (Fsp3) is 1.00. The maximum atomic E-state index is 5.51. The van der Waals surface area contributed by atoms with Crippen molar-refractivity contribution in [3.63, 3.8) is 0 Å². The van der Waals surface area contributed by atoms with Crippen LogP contribution < -0.4 is 0 Å². The van der Waals surface area contributed by atoms with E-state index in [1.165, 1.54) is 89.9 Å². The molecule has 0 fully saturated rings. The van der Waals surface area contributed by atoms with E-state index >= 15 is 0 Å². The second-order valence-corrected chi connectivity index (χ2v) is 8.49. The maximum absolute atomic E-state index is 5.51. The molecule has 0 aliphatic heterocycles. The van der Waals surface area contributed by atoms with E-state index in [0.717, 1.165) is 31.5 Å². The minimum Gasteiger partial charge on any atom is -0.355 e. The monoisotopic (exact) mass is 370 g/mol. The highest BCUT2D eigenvalue weighted by Crippen LogP contribution is 2.22. The van der Waals surface area contributed by atoms with Crippen molar-refractivity contribution in [1.29, 1.82) is 0 Å². The summed E-state index contributed by atoms with van der Waals surface area (Å²) in [5, 5.41) is 0. The molecule has 0 aliphatic carbocycles. The van der Waals surface area contributed by atoms with Crippen LogP contribution in [0.15, 0.2) is 0 Å². The molecule has 0 saturated heterocycles. The summed E-state index contributed by atoms with van der Waals surface area (Å²) in [6.07, 6.45) is 20.7. The Labute approximate surface area is 165 Å². The third-order valence-corrected chi connectivity index (χ3v) is 5.36. The molecule has 0 aromatic heterocycles. The van der Waals surface area contributed by atoms with Crippen LogP contribution in [0.1, 0.15) is 124 Å². The molecule has 0 radical (unpaired) electrons. The Morgan fingerprint density at radius 3 is 1.62 bits per heavy atom. The summed E-state index contributed by atoms with van der Waals surface area (Å²) in [4.78, 5) is 0. The Balaban J connectivity index is 3.30. The Morgan fingerprint density at radius 2 is 1.04 bits per heavy atom. The van der Waals surface area contributed by atoms with E-state index in [4.69, 9.17) is 9.47 Å². The van der Waals surface area contributed by atoms with Crippen LogP contribution in [0.3, 0.4) is 0 Å². The molecule has 0 spiro atoms. The molecule has 2 unspecified atom stereocenters. The highest BCUT2D eigenvalue weighted by Gasteiger charge is 2.08. The van der Waals surface area contributed by atoms with E-state index in [2.05, 4.69) is 27.7 Å². The minimum absolute atomic E-state index is 0.470. The molecule has 2 nitrogen and oxygen atoms in total. The molecular formula is C24H50O2. The summed E-state index contributed by atoms with van der Waals surface area (Å²) in [5.41, 5.74) is 0. The highest BCUT2D eigenvalue weighted by molar-refractivity contribution is 4.61. The zero-order valence-electron chi connectivity index (χ0n) is 18.7. The van der Waals surface area contributed by atoms with Crippen LogP contribution in [0, 0.1) is 11.8 Å². The Hall–Kier alpha value is -0.0800. The smallest absolute Gasteiger partial charge is 0.146 e. The second-order valence-electron chi connectivity index (χ2n) is 8.49. The Kier molecular flexibility index (Phi) is 21.2. The van der Waals surface area contributed by atoms with Gasteiger partial charge >= 0.3 is 0 Å². The summed E-state index contributed by atoms with van der Waals surface area (Å²) < 4.78 is 10.8. The third-order valence-electron chi connectivity index (χ3n) is 5.36. The van der Waals surface area contributed by atoms with Crippen molar-refractivity contribution < 1.29 is 9.47 Å². The minimum atomic E-state index is 0.470. The zero-order chi connectivity index (χ0) is 19.3. The van der Waals surface area contributed by atoms with Gasteiger partial charge in [0.1, 0.15) is 6.79 Å². The van der Waals surface area contributed by atoms with Gasteiger partial charge in [0.05, 0.1) is 0 Å². The van der Waals surface area contributed by atoms with Crippen LogP contribution in [-0.4, -0.2) is 20.0 Å². The molecular weight excluding hydrogens is 320 g/mol. The van der Waals surface area contributed by atoms with Crippen molar-refractivity contribution in [2.45, 2.75) is 124 Å². The summed E-state index contributed by atoms with van der Waals surface area (Å²) in [6, 6.07) is 0. The van der Waals surface area contributed by atoms with E-state index in [1.54, 1.807) is 0 Å². The van der Waals surface area contributed by atoms with Crippen molar-refractivity contribution in [2.24, 2.45) is 11.8 Å². The number of rotatable bonds is 21. The molecule has 2 atom stereocenters. The van der Waals surface area contributed by atoms with Gasteiger partial charge in [-0.3, -0.25) is 0 Å². The summed E-state index contributed by atoms with van der Waals surface area (Å²) in [6.45, 7) is 11.4. The molecule has 0 aliphatic rings. The van der Waals surface area contributed by atoms with Crippen molar-refractivity contribution in [3.8, 4) is 0 Å². The molecule has 0 saturated carbocycles. The topological polar surface area (TPSA) is 18.5 Å². The fourth-order valence-electron chi connectivity index (χ4n) is 3.76. The molecule has 158 valence electrons. The summed E-state index contributed by atoms with van der Waals surface area (Å²) in [7, 11) is 0. The van der Waals surface area contributed by atoms with Gasteiger partial charge in [-0.05, 0) is 37.5 Å². The second kappa shape index (κ2) is 21.2. The summed E-state index contributed by atoms with van der Waals surface area (Å²) >= 11 is 0. The molecule has 26 heavy (non-hydrogen) atoms. The van der Waals surface area contributed by atoms with Crippen molar-refractivity contribution in [3.05, 3.63) is 0 Å². The SMILES string of the molecule is CCCCCCCCCCCCC(C)CC(C)CCCOCOCCC. The van der Waals surface area contributed by atoms with Gasteiger partial charge in [0.2, 0.25) is 0 Å². The standard InChI is InChI=1S/C24H50O2/c1-5-7-8-9-10-11-12-13-14-15-17-23(3)21-24(4)18-16-20-26-22-25-19-6-2/h23-24H,5-22H2,1-4H3. The maximum Gasteiger partial charge on any atom is 0.146 e. The third kappa shape index (κ3) is 20.2. The van der Waals surface area contributed by atoms with Gasteiger partial charge in [-0.15, -0.1) is 0 Å². The van der Waals surface area contributed by atoms with E-state index in [0.29, 0.717) is 6.79 Å². The van der Waals surface area contributed by atoms with Gasteiger partial charge in [0.25, 0.3) is 0 Å². The van der Waals surface area contributed by atoms with Crippen LogP contribution >= 0.6 is 0 Å². The lowest BCUT2D eigenvalue weighted by molar-refractivity contribution is -0.0549. The molecule has 0 heterocycles. The van der Waals surface area contributed by atoms with Gasteiger partial charge in [-0.1, -0.05) is 98.3 Å². The van der Waals surface area contributed by atoms with Crippen LogP contribution in [0.25, 0.3) is 0 Å². The lowest BCUT2D eigenvalue weighted by Gasteiger charge is -2.17. The summed E-state index contributed by atoms with van der Waals surface area (Å²) in [5.74, 6) is 1.71. The quantitative estimate of drug-likeness (QED) is 0.150. The van der Waals surface area contributed by atoms with Gasteiger partial charge in [-0.2, -0.15) is 0 Å². The molecule has 0 rings (SSSR count). The van der Waals surface area contributed by atoms with E-state index in [9.17, 15) is 0 Å². The van der Waals surface area contributed by atoms with Crippen LogP contribution in [0.4, 0.5) is 0 Å². The molecule has 0 amide bonds. The van der Waals surface area contributed by atoms with Gasteiger partial charge in [0.15, 0.2) is 0 Å². The van der Waals surface area contributed by atoms with E-state index in [-0.39, 0.29) is 0 Å². The van der Waals surface area contributed by atoms with Crippen LogP contribution in [0.5, 0.6) is 0 Å². The van der Waals surface area contributed by atoms with Crippen LogP contribution in [-0.2, 0) is 9.47 Å². The predicted octanol–water partition coefficient (Wildman–Crippen LogP) is 8.14. The van der Waals surface area contributed by atoms with Crippen molar-refractivity contribution in [1.82, 2.24) is 0 Å². The first-order valence-corrected chi connectivity index (χ1v) is 11.9. The number of hydrogen-bond acceptors (Lipinski definition) is 2. The van der Waals surface area contributed by atoms with E-state index < -0.39 is 0 Å². The van der Waals surface area contributed by atoms with Gasteiger partial charge in [-0.25, -0.2) is 0 Å². The number of unbranched alkanes of at least 4 members (excludes halogenated alkanes) is 9. The molecule has 0 N–H and O–H groups in total. The lowest BCUT2D eigenvalue weighted by Crippen LogP contribution is -2.06. The van der Waals surface area contributed by atoms with Gasteiger partial charge < -0.3 is 9.47 Å². The number of hydrogen-bond donors (Lipinski definition) is 0. The normalized spacial score (nSPS) is 13.8. The average molecular weight is 371 g/mol. The predicted molar refractivity (Wildman–Crippen MR) is 116 cm³/mol. The average Bonchev–Trinajstić information content (AvgIpc) is 2.62. The van der Waals surface area contributed by atoms with Crippen molar-refractivity contribution in [2.75, 3.05) is 20.0 Å². The first-order valence-electron chi connectivity index (χ1n) is 11.9. The Bertz CT molecular complexity index is 255. The number of ether oxygens (including phenoxy) is 2. The lowest BCUT2D eigenvalue weighted by atomic mass is 9.90. The van der Waals surface area contributed by atoms with E-state index in [1.807, 2.05) is 0 Å². The zero-order valence-corrected chi connectivity index (χ0v) is 18.7. The Morgan fingerprint density at radius 1 is 0.538 bits per heavy atom. The molecule has 2 heteroatoms. The molecule has 0 aromatic rings. The first-order chi connectivity index (χ1) is 12.7. The van der Waals surface area contributed by atoms with Crippen LogP contribution in [0.2, 0.25) is 0 Å². The fourth-order valence-corrected chi connectivity index (χ4v) is 3.76. The largest absolute Gasteiger partial charge is 0.355 e.